The van der Waals surface area contributed by atoms with Gasteiger partial charge in [-0.2, -0.15) is 0 Å². The Labute approximate surface area is 151 Å². The van der Waals surface area contributed by atoms with E-state index in [1.54, 1.807) is 0 Å². The molecule has 1 aromatic heterocycles. The Hall–Kier alpha value is -1.62. The van der Waals surface area contributed by atoms with Crippen molar-refractivity contribution in [1.82, 2.24) is 9.80 Å². The van der Waals surface area contributed by atoms with Crippen molar-refractivity contribution in [3.63, 3.8) is 0 Å². The molecule has 0 amide bonds. The van der Waals surface area contributed by atoms with Crippen LogP contribution in [-0.2, 0) is 6.54 Å². The summed E-state index contributed by atoms with van der Waals surface area (Å²) in [6.07, 6.45) is 0.848. The largest absolute Gasteiger partial charge is 0.461 e. The van der Waals surface area contributed by atoms with E-state index in [9.17, 15) is 5.11 Å². The molecule has 1 saturated heterocycles. The third-order valence-electron chi connectivity index (χ3n) is 5.10. The second kappa shape index (κ2) is 8.17. The van der Waals surface area contributed by atoms with Crippen molar-refractivity contribution in [3.8, 4) is 11.3 Å². The number of aliphatic hydroxyl groups excluding tert-OH is 1. The number of aryl methyl sites for hydroxylation is 1. The van der Waals surface area contributed by atoms with Crippen molar-refractivity contribution in [2.24, 2.45) is 0 Å². The van der Waals surface area contributed by atoms with E-state index in [2.05, 4.69) is 47.9 Å². The normalized spacial score (nSPS) is 19.6. The second-order valence-electron chi connectivity index (χ2n) is 7.34. The zero-order valence-corrected chi connectivity index (χ0v) is 15.6. The first-order valence-corrected chi connectivity index (χ1v) is 9.31. The Balaban J connectivity index is 1.68. The molecule has 1 fully saturated rings. The minimum Gasteiger partial charge on any atom is -0.461 e. The van der Waals surface area contributed by atoms with Gasteiger partial charge in [0.2, 0.25) is 0 Å². The van der Waals surface area contributed by atoms with Crippen LogP contribution in [0.2, 0.25) is 0 Å². The summed E-state index contributed by atoms with van der Waals surface area (Å²) in [4.78, 5) is 5.03. The van der Waals surface area contributed by atoms with Gasteiger partial charge in [0.1, 0.15) is 11.5 Å². The van der Waals surface area contributed by atoms with Gasteiger partial charge >= 0.3 is 0 Å². The number of benzene rings is 1. The molecule has 0 radical (unpaired) electrons. The molecule has 0 spiro atoms. The molecule has 0 aliphatic carbocycles. The van der Waals surface area contributed by atoms with E-state index >= 15 is 0 Å². The van der Waals surface area contributed by atoms with E-state index < -0.39 is 0 Å². The SMILES string of the molecule is Cc1ccc(-c2cccc(CN3CCN(C(C)C)[C@@H](CCO)C3)c2)o1. The predicted octanol–water partition coefficient (Wildman–Crippen LogP) is 3.53. The molecule has 2 heterocycles. The summed E-state index contributed by atoms with van der Waals surface area (Å²) in [7, 11) is 0. The van der Waals surface area contributed by atoms with Gasteiger partial charge in [0.05, 0.1) is 0 Å². The van der Waals surface area contributed by atoms with Crippen LogP contribution in [0, 0.1) is 6.92 Å². The topological polar surface area (TPSA) is 39.9 Å². The monoisotopic (exact) mass is 342 g/mol. The van der Waals surface area contributed by atoms with Crippen LogP contribution < -0.4 is 0 Å². The predicted molar refractivity (Wildman–Crippen MR) is 101 cm³/mol. The molecule has 0 bridgehead atoms. The lowest BCUT2D eigenvalue weighted by atomic mass is 10.0. The van der Waals surface area contributed by atoms with Crippen molar-refractivity contribution in [3.05, 3.63) is 47.7 Å². The van der Waals surface area contributed by atoms with Gasteiger partial charge in [0.25, 0.3) is 0 Å². The Bertz CT molecular complexity index is 680. The zero-order chi connectivity index (χ0) is 17.8. The molecule has 1 aliphatic heterocycles. The smallest absolute Gasteiger partial charge is 0.134 e. The molecule has 1 aliphatic rings. The third-order valence-corrected chi connectivity index (χ3v) is 5.10. The number of aliphatic hydroxyl groups is 1. The van der Waals surface area contributed by atoms with Crippen LogP contribution in [0.1, 0.15) is 31.6 Å². The molecule has 4 nitrogen and oxygen atoms in total. The lowest BCUT2D eigenvalue weighted by molar-refractivity contribution is 0.0349. The van der Waals surface area contributed by atoms with Gasteiger partial charge in [-0.25, -0.2) is 0 Å². The highest BCUT2D eigenvalue weighted by molar-refractivity contribution is 5.58. The van der Waals surface area contributed by atoms with Crippen LogP contribution in [0.5, 0.6) is 0 Å². The molecule has 3 rings (SSSR count). The number of hydrogen-bond acceptors (Lipinski definition) is 4. The maximum Gasteiger partial charge on any atom is 0.134 e. The molecule has 0 saturated carbocycles. The van der Waals surface area contributed by atoms with Crippen molar-refractivity contribution in [2.75, 3.05) is 26.2 Å². The fraction of sp³-hybridized carbons (Fsp3) is 0.524. The van der Waals surface area contributed by atoms with Crippen molar-refractivity contribution < 1.29 is 9.52 Å². The molecule has 2 aromatic rings. The van der Waals surface area contributed by atoms with E-state index in [1.807, 2.05) is 19.1 Å². The Morgan fingerprint density at radius 1 is 1.20 bits per heavy atom. The average Bonchev–Trinajstić information content (AvgIpc) is 3.02. The maximum absolute atomic E-state index is 9.40. The Kier molecular flexibility index (Phi) is 5.94. The number of rotatable bonds is 6. The third kappa shape index (κ3) is 4.51. The van der Waals surface area contributed by atoms with Gasteiger partial charge in [-0.1, -0.05) is 18.2 Å². The summed E-state index contributed by atoms with van der Waals surface area (Å²) in [5, 5.41) is 9.40. The highest BCUT2D eigenvalue weighted by Gasteiger charge is 2.28. The fourth-order valence-corrected chi connectivity index (χ4v) is 3.83. The first-order valence-electron chi connectivity index (χ1n) is 9.31. The standard InChI is InChI=1S/C21H30N2O2/c1-16(2)23-11-10-22(15-20(23)9-12-24)14-18-5-4-6-19(13-18)21-8-7-17(3)25-21/h4-8,13,16,20,24H,9-12,14-15H2,1-3H3/t20-/m0/s1. The van der Waals surface area contributed by atoms with E-state index in [1.165, 1.54) is 5.56 Å². The lowest BCUT2D eigenvalue weighted by Gasteiger charge is -2.43. The highest BCUT2D eigenvalue weighted by Crippen LogP contribution is 2.24. The molecule has 1 aromatic carbocycles. The van der Waals surface area contributed by atoms with Crippen LogP contribution in [0.25, 0.3) is 11.3 Å². The number of piperazine rings is 1. The van der Waals surface area contributed by atoms with Gasteiger partial charge < -0.3 is 9.52 Å². The van der Waals surface area contributed by atoms with Crippen LogP contribution in [0.4, 0.5) is 0 Å². The summed E-state index contributed by atoms with van der Waals surface area (Å²) >= 11 is 0. The van der Waals surface area contributed by atoms with Gasteiger partial charge in [-0.05, 0) is 51.0 Å². The average molecular weight is 342 g/mol. The number of hydrogen-bond donors (Lipinski definition) is 1. The first kappa shape index (κ1) is 18.2. The van der Waals surface area contributed by atoms with Crippen LogP contribution in [0.15, 0.2) is 40.8 Å². The Morgan fingerprint density at radius 3 is 2.72 bits per heavy atom. The second-order valence-corrected chi connectivity index (χ2v) is 7.34. The quantitative estimate of drug-likeness (QED) is 0.872. The molecular weight excluding hydrogens is 312 g/mol. The summed E-state index contributed by atoms with van der Waals surface area (Å²) < 4.78 is 5.76. The fourth-order valence-electron chi connectivity index (χ4n) is 3.83. The van der Waals surface area contributed by atoms with Crippen LogP contribution in [-0.4, -0.2) is 53.2 Å². The summed E-state index contributed by atoms with van der Waals surface area (Å²) in [5.41, 5.74) is 2.45. The molecule has 25 heavy (non-hydrogen) atoms. The lowest BCUT2D eigenvalue weighted by Crippen LogP contribution is -2.55. The van der Waals surface area contributed by atoms with E-state index in [-0.39, 0.29) is 6.61 Å². The number of nitrogens with zero attached hydrogens (tertiary/aromatic N) is 2. The van der Waals surface area contributed by atoms with Crippen molar-refractivity contribution in [2.45, 2.75) is 45.8 Å². The molecule has 136 valence electrons. The minimum absolute atomic E-state index is 0.259. The van der Waals surface area contributed by atoms with Gasteiger partial charge in [-0.3, -0.25) is 9.80 Å². The molecular formula is C21H30N2O2. The first-order chi connectivity index (χ1) is 12.1. The van der Waals surface area contributed by atoms with Gasteiger partial charge in [0.15, 0.2) is 0 Å². The van der Waals surface area contributed by atoms with Crippen molar-refractivity contribution in [1.29, 1.82) is 0 Å². The van der Waals surface area contributed by atoms with Gasteiger partial charge in [0, 0.05) is 50.4 Å². The zero-order valence-electron chi connectivity index (χ0n) is 15.6. The minimum atomic E-state index is 0.259. The molecule has 1 N–H and O–H groups in total. The summed E-state index contributed by atoms with van der Waals surface area (Å²) in [6.45, 7) is 10.8. The van der Waals surface area contributed by atoms with E-state index in [0.717, 1.165) is 49.7 Å². The molecule has 1 atom stereocenters. The van der Waals surface area contributed by atoms with Crippen LogP contribution >= 0.6 is 0 Å². The maximum atomic E-state index is 9.40. The molecule has 0 unspecified atom stereocenters. The Morgan fingerprint density at radius 2 is 2.04 bits per heavy atom. The van der Waals surface area contributed by atoms with Crippen LogP contribution in [0.3, 0.4) is 0 Å². The highest BCUT2D eigenvalue weighted by atomic mass is 16.3. The molecule has 4 heteroatoms. The van der Waals surface area contributed by atoms with Gasteiger partial charge in [-0.15, -0.1) is 0 Å². The van der Waals surface area contributed by atoms with Crippen molar-refractivity contribution >= 4 is 0 Å². The number of furan rings is 1. The summed E-state index contributed by atoms with van der Waals surface area (Å²) in [5.74, 6) is 1.87. The summed E-state index contributed by atoms with van der Waals surface area (Å²) in [6, 6.07) is 13.6. The van der Waals surface area contributed by atoms with E-state index in [4.69, 9.17) is 4.42 Å². The van der Waals surface area contributed by atoms with E-state index in [0.29, 0.717) is 12.1 Å².